The van der Waals surface area contributed by atoms with Crippen LogP contribution in [0.2, 0.25) is 0 Å². The first-order valence-electron chi connectivity index (χ1n) is 11.3. The highest BCUT2D eigenvalue weighted by atomic mass is 16.4. The molecule has 5 heteroatoms. The van der Waals surface area contributed by atoms with Crippen molar-refractivity contribution in [2.45, 2.75) is 19.3 Å². The Bertz CT molecular complexity index is 1450. The van der Waals surface area contributed by atoms with Gasteiger partial charge in [0.05, 0.1) is 0 Å². The highest BCUT2D eigenvalue weighted by Gasteiger charge is 2.28. The normalized spacial score (nSPS) is 14.6. The topological polar surface area (TPSA) is 78.4 Å². The summed E-state index contributed by atoms with van der Waals surface area (Å²) in [6, 6.07) is 24.6. The minimum absolute atomic E-state index is 0.411. The molecule has 0 saturated heterocycles. The number of hydrogen-bond donors (Lipinski definition) is 1. The Morgan fingerprint density at radius 2 is 1.79 bits per heavy atom. The van der Waals surface area contributed by atoms with Crippen molar-refractivity contribution in [1.82, 2.24) is 9.38 Å². The molecule has 0 atom stereocenters. The summed E-state index contributed by atoms with van der Waals surface area (Å²) in [5.74, 6) is -0.567. The number of allylic oxidation sites excluding steroid dienone is 1. The van der Waals surface area contributed by atoms with Gasteiger partial charge < -0.3 is 5.11 Å². The zero-order valence-electron chi connectivity index (χ0n) is 18.6. The SMILES string of the molecule is N#Cc1c(C(=C(c2ccccc2)C2CCC2)c2ccc(C=CC(=O)O)cc2)ccc2nccn12. The highest BCUT2D eigenvalue weighted by Crippen LogP contribution is 2.45. The van der Waals surface area contributed by atoms with Crippen LogP contribution in [0.25, 0.3) is 22.9 Å². The van der Waals surface area contributed by atoms with Gasteiger partial charge in [-0.25, -0.2) is 9.78 Å². The van der Waals surface area contributed by atoms with E-state index >= 15 is 0 Å². The first-order chi connectivity index (χ1) is 16.7. The van der Waals surface area contributed by atoms with Gasteiger partial charge in [0, 0.05) is 24.0 Å². The van der Waals surface area contributed by atoms with E-state index in [2.05, 4.69) is 35.3 Å². The van der Waals surface area contributed by atoms with Crippen LogP contribution in [-0.4, -0.2) is 20.5 Å². The molecule has 0 spiro atoms. The molecule has 1 fully saturated rings. The molecule has 0 aliphatic heterocycles. The van der Waals surface area contributed by atoms with Crippen LogP contribution in [0.1, 0.15) is 47.2 Å². The molecule has 2 aromatic heterocycles. The lowest BCUT2D eigenvalue weighted by molar-refractivity contribution is -0.131. The molecule has 1 saturated carbocycles. The molecule has 5 rings (SSSR count). The number of benzene rings is 2. The van der Waals surface area contributed by atoms with Crippen molar-refractivity contribution in [3.63, 3.8) is 0 Å². The molecule has 1 aliphatic carbocycles. The fraction of sp³-hybridized carbons (Fsp3) is 0.138. The summed E-state index contributed by atoms with van der Waals surface area (Å²) in [7, 11) is 0. The summed E-state index contributed by atoms with van der Waals surface area (Å²) in [6.45, 7) is 0. The third-order valence-corrected chi connectivity index (χ3v) is 6.42. The summed E-state index contributed by atoms with van der Waals surface area (Å²) < 4.78 is 1.84. The summed E-state index contributed by atoms with van der Waals surface area (Å²) in [6.07, 6.45) is 9.66. The van der Waals surface area contributed by atoms with Gasteiger partial charge in [0.1, 0.15) is 17.4 Å². The predicted molar refractivity (Wildman–Crippen MR) is 133 cm³/mol. The average molecular weight is 446 g/mol. The lowest BCUT2D eigenvalue weighted by Gasteiger charge is -2.32. The summed E-state index contributed by atoms with van der Waals surface area (Å²) in [5.41, 5.74) is 7.40. The van der Waals surface area contributed by atoms with Crippen molar-refractivity contribution in [3.05, 3.63) is 113 Å². The van der Waals surface area contributed by atoms with Gasteiger partial charge in [-0.15, -0.1) is 0 Å². The van der Waals surface area contributed by atoms with Crippen molar-refractivity contribution >= 4 is 28.8 Å². The second-order valence-electron chi connectivity index (χ2n) is 8.44. The average Bonchev–Trinajstić information content (AvgIpc) is 3.31. The van der Waals surface area contributed by atoms with E-state index in [4.69, 9.17) is 5.11 Å². The second-order valence-corrected chi connectivity index (χ2v) is 8.44. The van der Waals surface area contributed by atoms with E-state index < -0.39 is 5.97 Å². The molecule has 34 heavy (non-hydrogen) atoms. The largest absolute Gasteiger partial charge is 0.478 e. The maximum atomic E-state index is 10.9. The van der Waals surface area contributed by atoms with Crippen LogP contribution in [0.5, 0.6) is 0 Å². The maximum Gasteiger partial charge on any atom is 0.328 e. The van der Waals surface area contributed by atoms with E-state index in [1.54, 1.807) is 12.3 Å². The van der Waals surface area contributed by atoms with Crippen molar-refractivity contribution < 1.29 is 9.90 Å². The smallest absolute Gasteiger partial charge is 0.328 e. The number of carboxylic acids is 1. The number of pyridine rings is 1. The number of nitrogens with zero attached hydrogens (tertiary/aromatic N) is 3. The van der Waals surface area contributed by atoms with Crippen molar-refractivity contribution in [2.75, 3.05) is 0 Å². The fourth-order valence-corrected chi connectivity index (χ4v) is 4.59. The lowest BCUT2D eigenvalue weighted by Crippen LogP contribution is -2.15. The molecule has 5 nitrogen and oxygen atoms in total. The van der Waals surface area contributed by atoms with E-state index in [1.165, 1.54) is 12.0 Å². The Labute approximate surface area is 197 Å². The zero-order chi connectivity index (χ0) is 23.5. The van der Waals surface area contributed by atoms with Gasteiger partial charge >= 0.3 is 5.97 Å². The van der Waals surface area contributed by atoms with Crippen LogP contribution in [0.4, 0.5) is 0 Å². The number of fused-ring (bicyclic) bond motifs is 1. The van der Waals surface area contributed by atoms with Crippen LogP contribution in [0, 0.1) is 17.2 Å². The first-order valence-corrected chi connectivity index (χ1v) is 11.3. The van der Waals surface area contributed by atoms with Gasteiger partial charge in [-0.3, -0.25) is 4.40 Å². The number of imidazole rings is 1. The Morgan fingerprint density at radius 1 is 1.03 bits per heavy atom. The minimum Gasteiger partial charge on any atom is -0.478 e. The standard InChI is InChI=1S/C29H23N3O2/c30-19-25-24(14-15-26-31-17-18-32(25)26)29(23-12-9-20(10-13-23)11-16-27(33)34)28(22-7-4-8-22)21-5-2-1-3-6-21/h1-3,5-6,9-18,22H,4,7-8H2,(H,33,34). The molecule has 4 aromatic rings. The van der Waals surface area contributed by atoms with E-state index in [-0.39, 0.29) is 0 Å². The van der Waals surface area contributed by atoms with Gasteiger partial charge in [0.15, 0.2) is 0 Å². The number of rotatable bonds is 6. The van der Waals surface area contributed by atoms with E-state index in [0.29, 0.717) is 11.6 Å². The fourth-order valence-electron chi connectivity index (χ4n) is 4.59. The highest BCUT2D eigenvalue weighted by molar-refractivity contribution is 6.00. The van der Waals surface area contributed by atoms with Gasteiger partial charge in [-0.1, -0.05) is 61.0 Å². The molecule has 0 bridgehead atoms. The molecule has 2 aromatic carbocycles. The third-order valence-electron chi connectivity index (χ3n) is 6.42. The van der Waals surface area contributed by atoms with Crippen LogP contribution in [0.3, 0.4) is 0 Å². The number of carbonyl (C=O) groups is 1. The maximum absolute atomic E-state index is 10.9. The van der Waals surface area contributed by atoms with Crippen molar-refractivity contribution in [1.29, 1.82) is 5.26 Å². The number of aromatic nitrogens is 2. The monoisotopic (exact) mass is 445 g/mol. The number of aliphatic carboxylic acids is 1. The number of carboxylic acid groups (broad SMARTS) is 1. The Morgan fingerprint density at radius 3 is 2.44 bits per heavy atom. The summed E-state index contributed by atoms with van der Waals surface area (Å²) >= 11 is 0. The summed E-state index contributed by atoms with van der Waals surface area (Å²) in [5, 5.41) is 19.1. The van der Waals surface area contributed by atoms with Crippen LogP contribution < -0.4 is 0 Å². The van der Waals surface area contributed by atoms with Gasteiger partial charge in [-0.2, -0.15) is 5.26 Å². The van der Waals surface area contributed by atoms with E-state index in [9.17, 15) is 10.1 Å². The quantitative estimate of drug-likeness (QED) is 0.289. The molecule has 166 valence electrons. The van der Waals surface area contributed by atoms with E-state index in [1.807, 2.05) is 53.1 Å². The Balaban J connectivity index is 1.78. The van der Waals surface area contributed by atoms with Crippen LogP contribution in [0.15, 0.2) is 85.2 Å². The Kier molecular flexibility index (Phi) is 5.80. The summed E-state index contributed by atoms with van der Waals surface area (Å²) in [4.78, 5) is 15.3. The van der Waals surface area contributed by atoms with Gasteiger partial charge in [0.25, 0.3) is 0 Å². The third kappa shape index (κ3) is 4.02. The van der Waals surface area contributed by atoms with E-state index in [0.717, 1.165) is 52.4 Å². The lowest BCUT2D eigenvalue weighted by atomic mass is 9.73. The van der Waals surface area contributed by atoms with Crippen molar-refractivity contribution in [2.24, 2.45) is 5.92 Å². The van der Waals surface area contributed by atoms with Crippen LogP contribution in [-0.2, 0) is 4.79 Å². The molecular weight excluding hydrogens is 422 g/mol. The molecule has 0 unspecified atom stereocenters. The molecule has 1 aliphatic rings. The molecular formula is C29H23N3O2. The molecule has 0 radical (unpaired) electrons. The predicted octanol–water partition coefficient (Wildman–Crippen LogP) is 6.06. The van der Waals surface area contributed by atoms with Crippen LogP contribution >= 0.6 is 0 Å². The molecule has 1 N–H and O–H groups in total. The number of hydrogen-bond acceptors (Lipinski definition) is 3. The minimum atomic E-state index is -0.978. The van der Waals surface area contributed by atoms with Gasteiger partial charge in [0.2, 0.25) is 0 Å². The second kappa shape index (κ2) is 9.21. The molecule has 0 amide bonds. The zero-order valence-corrected chi connectivity index (χ0v) is 18.6. The Hall–Kier alpha value is -4.43. The number of nitriles is 1. The van der Waals surface area contributed by atoms with Crippen molar-refractivity contribution in [3.8, 4) is 6.07 Å². The van der Waals surface area contributed by atoms with Gasteiger partial charge in [-0.05, 0) is 64.8 Å². The molecule has 2 heterocycles. The first kappa shape index (κ1) is 21.4.